The van der Waals surface area contributed by atoms with Crippen molar-refractivity contribution in [3.63, 3.8) is 0 Å². The van der Waals surface area contributed by atoms with E-state index in [1.807, 2.05) is 23.6 Å². The molecule has 3 aromatic heterocycles. The van der Waals surface area contributed by atoms with Crippen LogP contribution in [0.3, 0.4) is 0 Å². The summed E-state index contributed by atoms with van der Waals surface area (Å²) in [6.45, 7) is 5.50. The predicted octanol–water partition coefficient (Wildman–Crippen LogP) is 3.13. The van der Waals surface area contributed by atoms with Gasteiger partial charge in [0, 0.05) is 44.8 Å². The molecule has 0 bridgehead atoms. The van der Waals surface area contributed by atoms with Gasteiger partial charge in [-0.2, -0.15) is 13.2 Å². The van der Waals surface area contributed by atoms with Gasteiger partial charge in [-0.3, -0.25) is 0 Å². The minimum atomic E-state index is -4.53. The molecule has 0 saturated carbocycles. The third kappa shape index (κ3) is 3.56. The molecule has 0 unspecified atom stereocenters. The van der Waals surface area contributed by atoms with Gasteiger partial charge in [0.1, 0.15) is 6.33 Å². The molecule has 4 heterocycles. The summed E-state index contributed by atoms with van der Waals surface area (Å²) >= 11 is 0. The fourth-order valence-electron chi connectivity index (χ4n) is 3.39. The van der Waals surface area contributed by atoms with Gasteiger partial charge < -0.3 is 14.2 Å². The van der Waals surface area contributed by atoms with Crippen LogP contribution in [-0.4, -0.2) is 50.5 Å². The maximum Gasteiger partial charge on any atom is 0.434 e. The maximum atomic E-state index is 14.7. The zero-order chi connectivity index (χ0) is 20.8. The smallest absolute Gasteiger partial charge is 0.351 e. The highest BCUT2D eigenvalue weighted by molar-refractivity contribution is 5.65. The van der Waals surface area contributed by atoms with Crippen LogP contribution in [0.1, 0.15) is 31.2 Å². The van der Waals surface area contributed by atoms with E-state index in [0.717, 1.165) is 6.20 Å². The van der Waals surface area contributed by atoms with Gasteiger partial charge in [0.05, 0.1) is 5.69 Å². The van der Waals surface area contributed by atoms with Gasteiger partial charge in [-0.15, -0.1) is 0 Å². The number of halogens is 4. The zero-order valence-electron chi connectivity index (χ0n) is 15.9. The van der Waals surface area contributed by atoms with E-state index < -0.39 is 17.7 Å². The Morgan fingerprint density at radius 2 is 1.62 bits per heavy atom. The van der Waals surface area contributed by atoms with Crippen LogP contribution >= 0.6 is 0 Å². The molecule has 29 heavy (non-hydrogen) atoms. The second kappa shape index (κ2) is 7.12. The van der Waals surface area contributed by atoms with Crippen LogP contribution < -0.4 is 9.80 Å². The number of imidazole rings is 1. The standard InChI is InChI=1S/C18H19F4N7/c1-11(2)14-13(19)15(25-10-24-14)27-5-7-28(8-6-27)16-17-26-12(18(20,21)22)9-29(17)4-3-23-16/h3-4,9-11H,5-8H2,1-2H3. The Morgan fingerprint density at radius 1 is 0.966 bits per heavy atom. The molecule has 1 aliphatic rings. The lowest BCUT2D eigenvalue weighted by molar-refractivity contribution is -0.140. The fourth-order valence-corrected chi connectivity index (χ4v) is 3.39. The van der Waals surface area contributed by atoms with Crippen molar-refractivity contribution in [2.24, 2.45) is 0 Å². The lowest BCUT2D eigenvalue weighted by Crippen LogP contribution is -2.47. The van der Waals surface area contributed by atoms with E-state index in [4.69, 9.17) is 0 Å². The number of alkyl halides is 3. The third-order valence-corrected chi connectivity index (χ3v) is 4.87. The van der Waals surface area contributed by atoms with Crippen LogP contribution in [0.2, 0.25) is 0 Å². The van der Waals surface area contributed by atoms with Gasteiger partial charge >= 0.3 is 6.18 Å². The highest BCUT2D eigenvalue weighted by Gasteiger charge is 2.35. The molecule has 0 N–H and O–H groups in total. The SMILES string of the molecule is CC(C)c1ncnc(N2CCN(c3nccn4cc(C(F)(F)F)nc34)CC2)c1F. The molecule has 0 amide bonds. The molecule has 0 radical (unpaired) electrons. The van der Waals surface area contributed by atoms with E-state index in [1.165, 1.54) is 23.1 Å². The lowest BCUT2D eigenvalue weighted by atomic mass is 10.1. The van der Waals surface area contributed by atoms with Crippen molar-refractivity contribution in [2.45, 2.75) is 25.9 Å². The molecule has 4 rings (SSSR count). The largest absolute Gasteiger partial charge is 0.434 e. The molecule has 3 aromatic rings. The molecule has 0 aromatic carbocycles. The summed E-state index contributed by atoms with van der Waals surface area (Å²) < 4.78 is 55.1. The van der Waals surface area contributed by atoms with E-state index in [1.54, 1.807) is 0 Å². The Hall–Kier alpha value is -2.98. The van der Waals surface area contributed by atoms with E-state index in [-0.39, 0.29) is 17.4 Å². The van der Waals surface area contributed by atoms with Crippen LogP contribution in [0.5, 0.6) is 0 Å². The molecule has 0 spiro atoms. The number of anilines is 2. The summed E-state index contributed by atoms with van der Waals surface area (Å²) in [5.74, 6) is 0.116. The van der Waals surface area contributed by atoms with E-state index in [2.05, 4.69) is 19.9 Å². The first-order valence-electron chi connectivity index (χ1n) is 9.17. The van der Waals surface area contributed by atoms with Gasteiger partial charge in [-0.05, 0) is 5.92 Å². The van der Waals surface area contributed by atoms with Crippen LogP contribution in [0.15, 0.2) is 24.9 Å². The summed E-state index contributed by atoms with van der Waals surface area (Å²) in [4.78, 5) is 19.7. The monoisotopic (exact) mass is 409 g/mol. The first-order valence-corrected chi connectivity index (χ1v) is 9.17. The van der Waals surface area contributed by atoms with Crippen LogP contribution in [0, 0.1) is 5.82 Å². The Labute approximate surface area is 164 Å². The minimum Gasteiger partial charge on any atom is -0.351 e. The molecule has 1 saturated heterocycles. The Balaban J connectivity index is 1.56. The second-order valence-corrected chi connectivity index (χ2v) is 7.13. The number of hydrogen-bond acceptors (Lipinski definition) is 6. The van der Waals surface area contributed by atoms with E-state index in [9.17, 15) is 17.6 Å². The van der Waals surface area contributed by atoms with Crippen molar-refractivity contribution in [1.29, 1.82) is 0 Å². The number of rotatable bonds is 3. The maximum absolute atomic E-state index is 14.7. The second-order valence-electron chi connectivity index (χ2n) is 7.13. The van der Waals surface area contributed by atoms with Crippen molar-refractivity contribution in [2.75, 3.05) is 36.0 Å². The fraction of sp³-hybridized carbons (Fsp3) is 0.444. The summed E-state index contributed by atoms with van der Waals surface area (Å²) in [5.41, 5.74) is -0.459. The summed E-state index contributed by atoms with van der Waals surface area (Å²) in [6, 6.07) is 0. The van der Waals surface area contributed by atoms with E-state index in [0.29, 0.717) is 37.7 Å². The van der Waals surface area contributed by atoms with Gasteiger partial charge in [0.25, 0.3) is 0 Å². The van der Waals surface area contributed by atoms with E-state index >= 15 is 0 Å². The normalized spacial score (nSPS) is 15.6. The van der Waals surface area contributed by atoms with Gasteiger partial charge in [-0.1, -0.05) is 13.8 Å². The Kier molecular flexibility index (Phi) is 4.75. The molecule has 0 aliphatic carbocycles. The van der Waals surface area contributed by atoms with Crippen molar-refractivity contribution in [1.82, 2.24) is 24.3 Å². The van der Waals surface area contributed by atoms with Crippen LogP contribution in [0.4, 0.5) is 29.2 Å². The first kappa shape index (κ1) is 19.3. The van der Waals surface area contributed by atoms with Gasteiger partial charge in [-0.25, -0.2) is 24.3 Å². The van der Waals surface area contributed by atoms with Crippen molar-refractivity contribution >= 4 is 17.3 Å². The zero-order valence-corrected chi connectivity index (χ0v) is 15.9. The summed E-state index contributed by atoms with van der Waals surface area (Å²) in [6.07, 6.45) is 0.642. The number of hydrogen-bond donors (Lipinski definition) is 0. The predicted molar refractivity (Wildman–Crippen MR) is 98.5 cm³/mol. The van der Waals surface area contributed by atoms with Crippen molar-refractivity contribution < 1.29 is 17.6 Å². The third-order valence-electron chi connectivity index (χ3n) is 4.87. The first-order chi connectivity index (χ1) is 13.8. The molecular formula is C18H19F4N7. The molecule has 11 heteroatoms. The quantitative estimate of drug-likeness (QED) is 0.620. The lowest BCUT2D eigenvalue weighted by Gasteiger charge is -2.36. The molecule has 0 atom stereocenters. The van der Waals surface area contributed by atoms with Crippen molar-refractivity contribution in [3.05, 3.63) is 42.1 Å². The number of piperazine rings is 1. The summed E-state index contributed by atoms with van der Waals surface area (Å²) in [7, 11) is 0. The Bertz CT molecular complexity index is 1020. The minimum absolute atomic E-state index is 0.0666. The highest BCUT2D eigenvalue weighted by Crippen LogP contribution is 2.31. The topological polar surface area (TPSA) is 62.5 Å². The average Bonchev–Trinajstić information content (AvgIpc) is 3.13. The molecular weight excluding hydrogens is 390 g/mol. The van der Waals surface area contributed by atoms with Crippen molar-refractivity contribution in [3.8, 4) is 0 Å². The molecule has 1 aliphatic heterocycles. The van der Waals surface area contributed by atoms with Gasteiger partial charge in [0.2, 0.25) is 0 Å². The molecule has 154 valence electrons. The molecule has 1 fully saturated rings. The Morgan fingerprint density at radius 3 is 2.24 bits per heavy atom. The van der Waals surface area contributed by atoms with Crippen LogP contribution in [-0.2, 0) is 6.18 Å². The average molecular weight is 409 g/mol. The number of nitrogens with zero attached hydrogens (tertiary/aromatic N) is 7. The number of fused-ring (bicyclic) bond motifs is 1. The molecule has 7 nitrogen and oxygen atoms in total. The highest BCUT2D eigenvalue weighted by atomic mass is 19.4. The van der Waals surface area contributed by atoms with Gasteiger partial charge in [0.15, 0.2) is 28.8 Å². The number of aromatic nitrogens is 5. The summed E-state index contributed by atoms with van der Waals surface area (Å²) in [5, 5.41) is 0. The van der Waals surface area contributed by atoms with Crippen LogP contribution in [0.25, 0.3) is 5.65 Å².